The lowest BCUT2D eigenvalue weighted by atomic mass is 9.86. The Balaban J connectivity index is 1.21. The maximum absolute atomic E-state index is 12.6. The first-order chi connectivity index (χ1) is 15.2. The highest BCUT2D eigenvalue weighted by atomic mass is 16.6. The number of amides is 1. The van der Waals surface area contributed by atoms with Crippen LogP contribution in [0.25, 0.3) is 0 Å². The topological polar surface area (TPSA) is 95.3 Å². The number of aldehydes is 1. The van der Waals surface area contributed by atoms with Crippen LogP contribution in [0, 0.1) is 5.92 Å². The first-order valence-corrected chi connectivity index (χ1v) is 11.2. The zero-order valence-corrected chi connectivity index (χ0v) is 17.5. The standard InChI is InChI=1S/C23H28N4O4/c28-12-16-7-4-8-17(9-16)23(29)24-19-13-30-22-20(14-31-21(19)22)27-11-18(25-26-27)10-15-5-2-1-3-6-15/h4,7-9,11-12,15,19-22H,1-3,5-6,10,13-14H2,(H,24,29). The van der Waals surface area contributed by atoms with E-state index in [4.69, 9.17) is 9.47 Å². The van der Waals surface area contributed by atoms with E-state index >= 15 is 0 Å². The van der Waals surface area contributed by atoms with E-state index in [1.54, 1.807) is 24.3 Å². The zero-order valence-electron chi connectivity index (χ0n) is 17.5. The first kappa shape index (κ1) is 20.3. The van der Waals surface area contributed by atoms with E-state index in [-0.39, 0.29) is 30.2 Å². The van der Waals surface area contributed by atoms with E-state index in [1.165, 1.54) is 32.1 Å². The second kappa shape index (κ2) is 8.88. The number of fused-ring (bicyclic) bond motifs is 1. The van der Waals surface area contributed by atoms with Crippen LogP contribution in [-0.2, 0) is 15.9 Å². The van der Waals surface area contributed by atoms with Crippen molar-refractivity contribution < 1.29 is 19.1 Å². The molecule has 5 rings (SSSR count). The van der Waals surface area contributed by atoms with Crippen LogP contribution < -0.4 is 5.32 Å². The highest BCUT2D eigenvalue weighted by Gasteiger charge is 2.49. The van der Waals surface area contributed by atoms with Crippen LogP contribution in [-0.4, -0.2) is 58.7 Å². The summed E-state index contributed by atoms with van der Waals surface area (Å²) in [6.45, 7) is 0.864. The van der Waals surface area contributed by atoms with Gasteiger partial charge in [0.2, 0.25) is 0 Å². The normalized spacial score (nSPS) is 28.4. The lowest BCUT2D eigenvalue weighted by molar-refractivity contribution is 0.0613. The lowest BCUT2D eigenvalue weighted by Gasteiger charge is -2.20. The number of hydrogen-bond donors (Lipinski definition) is 1. The van der Waals surface area contributed by atoms with Gasteiger partial charge in [-0.05, 0) is 24.5 Å². The highest BCUT2D eigenvalue weighted by Crippen LogP contribution is 2.34. The van der Waals surface area contributed by atoms with Gasteiger partial charge in [0.25, 0.3) is 5.91 Å². The van der Waals surface area contributed by atoms with Gasteiger partial charge in [0.15, 0.2) is 0 Å². The summed E-state index contributed by atoms with van der Waals surface area (Å²) in [6, 6.07) is 6.35. The van der Waals surface area contributed by atoms with Crippen LogP contribution in [0.5, 0.6) is 0 Å². The Morgan fingerprint density at radius 3 is 2.84 bits per heavy atom. The minimum Gasteiger partial charge on any atom is -0.371 e. The molecule has 3 aliphatic rings. The molecule has 2 aliphatic heterocycles. The Kier molecular flexibility index (Phi) is 5.82. The van der Waals surface area contributed by atoms with Crippen molar-refractivity contribution >= 4 is 12.2 Å². The molecule has 4 atom stereocenters. The number of hydrogen-bond acceptors (Lipinski definition) is 6. The SMILES string of the molecule is O=Cc1cccc(C(=O)NC2COC3C2OCC3n2cc(CC3CCCCC3)nn2)c1. The van der Waals surface area contributed by atoms with Gasteiger partial charge < -0.3 is 14.8 Å². The molecule has 1 N–H and O–H groups in total. The van der Waals surface area contributed by atoms with Crippen LogP contribution in [0.3, 0.4) is 0 Å². The van der Waals surface area contributed by atoms with Crippen molar-refractivity contribution in [2.24, 2.45) is 5.92 Å². The van der Waals surface area contributed by atoms with Gasteiger partial charge in [0, 0.05) is 17.3 Å². The van der Waals surface area contributed by atoms with Crippen molar-refractivity contribution in [1.29, 1.82) is 0 Å². The van der Waals surface area contributed by atoms with E-state index in [1.807, 2.05) is 10.9 Å². The predicted octanol–water partition coefficient (Wildman–Crippen LogP) is 2.35. The van der Waals surface area contributed by atoms with E-state index in [9.17, 15) is 9.59 Å². The van der Waals surface area contributed by atoms with Crippen molar-refractivity contribution in [1.82, 2.24) is 20.3 Å². The van der Waals surface area contributed by atoms with Crippen LogP contribution in [0.15, 0.2) is 30.5 Å². The molecule has 1 aromatic heterocycles. The van der Waals surface area contributed by atoms with Gasteiger partial charge in [-0.25, -0.2) is 4.68 Å². The molecule has 4 unspecified atom stereocenters. The molecular weight excluding hydrogens is 396 g/mol. The van der Waals surface area contributed by atoms with Crippen molar-refractivity contribution in [2.75, 3.05) is 13.2 Å². The molecule has 3 heterocycles. The molecular formula is C23H28N4O4. The number of rotatable bonds is 6. The second-order valence-corrected chi connectivity index (χ2v) is 8.88. The summed E-state index contributed by atoms with van der Waals surface area (Å²) in [5.74, 6) is 0.479. The summed E-state index contributed by atoms with van der Waals surface area (Å²) in [7, 11) is 0. The first-order valence-electron chi connectivity index (χ1n) is 11.2. The van der Waals surface area contributed by atoms with E-state index < -0.39 is 0 Å². The summed E-state index contributed by atoms with van der Waals surface area (Å²) < 4.78 is 13.9. The number of nitrogens with zero attached hydrogens (tertiary/aromatic N) is 3. The molecule has 8 nitrogen and oxygen atoms in total. The minimum absolute atomic E-state index is 0.0436. The number of nitrogens with one attached hydrogen (secondary N) is 1. The van der Waals surface area contributed by atoms with Crippen molar-refractivity contribution in [3.05, 3.63) is 47.3 Å². The Hall–Kier alpha value is -2.58. The average molecular weight is 425 g/mol. The largest absolute Gasteiger partial charge is 0.371 e. The molecule has 2 saturated heterocycles. The number of carbonyl (C=O) groups is 2. The summed E-state index contributed by atoms with van der Waals surface area (Å²) in [5, 5.41) is 11.8. The van der Waals surface area contributed by atoms with E-state index in [2.05, 4.69) is 15.6 Å². The fourth-order valence-electron chi connectivity index (χ4n) is 5.09. The van der Waals surface area contributed by atoms with Crippen LogP contribution in [0.2, 0.25) is 0 Å². The zero-order chi connectivity index (χ0) is 21.2. The molecule has 2 aromatic rings. The molecule has 0 radical (unpaired) electrons. The summed E-state index contributed by atoms with van der Waals surface area (Å²) in [4.78, 5) is 23.6. The smallest absolute Gasteiger partial charge is 0.251 e. The maximum atomic E-state index is 12.6. The van der Waals surface area contributed by atoms with E-state index in [0.717, 1.165) is 18.4 Å². The fraction of sp³-hybridized carbons (Fsp3) is 0.565. The van der Waals surface area contributed by atoms with Crippen molar-refractivity contribution in [2.45, 2.75) is 62.8 Å². The quantitative estimate of drug-likeness (QED) is 0.716. The third-order valence-corrected chi connectivity index (χ3v) is 6.75. The van der Waals surface area contributed by atoms with Crippen molar-refractivity contribution in [3.8, 4) is 0 Å². The predicted molar refractivity (Wildman–Crippen MR) is 112 cm³/mol. The molecule has 1 aliphatic carbocycles. The molecule has 1 amide bonds. The van der Waals surface area contributed by atoms with Gasteiger partial charge in [0.1, 0.15) is 24.5 Å². The molecule has 0 spiro atoms. The van der Waals surface area contributed by atoms with Gasteiger partial charge >= 0.3 is 0 Å². The molecule has 1 saturated carbocycles. The monoisotopic (exact) mass is 424 g/mol. The second-order valence-electron chi connectivity index (χ2n) is 8.88. The maximum Gasteiger partial charge on any atom is 0.251 e. The van der Waals surface area contributed by atoms with Gasteiger partial charge in [-0.3, -0.25) is 9.59 Å². The van der Waals surface area contributed by atoms with Gasteiger partial charge in [0.05, 0.1) is 24.9 Å². The lowest BCUT2D eigenvalue weighted by Crippen LogP contribution is -2.44. The molecule has 31 heavy (non-hydrogen) atoms. The minimum atomic E-state index is -0.243. The third-order valence-electron chi connectivity index (χ3n) is 6.75. The Bertz CT molecular complexity index is 939. The number of aromatic nitrogens is 3. The Morgan fingerprint density at radius 2 is 2.00 bits per heavy atom. The number of carbonyl (C=O) groups excluding carboxylic acids is 2. The summed E-state index contributed by atoms with van der Waals surface area (Å²) in [6.07, 6.45) is 9.91. The van der Waals surface area contributed by atoms with Crippen LogP contribution >= 0.6 is 0 Å². The fourth-order valence-corrected chi connectivity index (χ4v) is 5.09. The van der Waals surface area contributed by atoms with Crippen LogP contribution in [0.4, 0.5) is 0 Å². The number of benzene rings is 1. The van der Waals surface area contributed by atoms with Crippen molar-refractivity contribution in [3.63, 3.8) is 0 Å². The average Bonchev–Trinajstić information content (AvgIpc) is 3.52. The molecule has 8 heteroatoms. The van der Waals surface area contributed by atoms with E-state index in [0.29, 0.717) is 30.3 Å². The van der Waals surface area contributed by atoms with Crippen LogP contribution in [0.1, 0.15) is 64.6 Å². The molecule has 3 fully saturated rings. The summed E-state index contributed by atoms with van der Waals surface area (Å²) in [5.41, 5.74) is 1.96. The Labute approximate surface area is 181 Å². The summed E-state index contributed by atoms with van der Waals surface area (Å²) >= 11 is 0. The third kappa shape index (κ3) is 4.27. The highest BCUT2D eigenvalue weighted by molar-refractivity contribution is 5.96. The Morgan fingerprint density at radius 1 is 1.16 bits per heavy atom. The number of ether oxygens (including phenoxy) is 2. The molecule has 164 valence electrons. The molecule has 0 bridgehead atoms. The van der Waals surface area contributed by atoms with Gasteiger partial charge in [-0.1, -0.05) is 49.5 Å². The molecule has 1 aromatic carbocycles. The van der Waals surface area contributed by atoms with Gasteiger partial charge in [-0.2, -0.15) is 0 Å². The van der Waals surface area contributed by atoms with Gasteiger partial charge in [-0.15, -0.1) is 5.10 Å².